The first kappa shape index (κ1) is 13.9. The summed E-state index contributed by atoms with van der Waals surface area (Å²) >= 11 is 0. The van der Waals surface area contributed by atoms with Crippen LogP contribution in [0.4, 0.5) is 0 Å². The lowest BCUT2D eigenvalue weighted by molar-refractivity contribution is 0.143. The molecular weight excluding hydrogens is 214 g/mol. The van der Waals surface area contributed by atoms with Gasteiger partial charge in [0.15, 0.2) is 0 Å². The van der Waals surface area contributed by atoms with Gasteiger partial charge in [-0.25, -0.2) is 0 Å². The Hall–Kier alpha value is -1.16. The molecule has 0 saturated heterocycles. The summed E-state index contributed by atoms with van der Waals surface area (Å²) in [7, 11) is 0. The molecule has 1 rings (SSSR count). The van der Waals surface area contributed by atoms with Crippen molar-refractivity contribution >= 4 is 0 Å². The lowest BCUT2D eigenvalue weighted by Gasteiger charge is -2.12. The number of hydrogen-bond acceptors (Lipinski definition) is 3. The quantitative estimate of drug-likeness (QED) is 0.534. The van der Waals surface area contributed by atoms with Crippen molar-refractivity contribution in [3.05, 3.63) is 48.0 Å². The highest BCUT2D eigenvalue weighted by Gasteiger charge is 2.04. The third-order valence-corrected chi connectivity index (χ3v) is 2.29. The number of hydrogen-bond donors (Lipinski definition) is 2. The van der Waals surface area contributed by atoms with Crippen molar-refractivity contribution in [3.8, 4) is 0 Å². The maximum atomic E-state index is 9.85. The second-order valence-corrected chi connectivity index (χ2v) is 4.14. The fourth-order valence-electron chi connectivity index (χ4n) is 1.42. The van der Waals surface area contributed by atoms with Crippen LogP contribution < -0.4 is 5.32 Å². The van der Waals surface area contributed by atoms with Crippen LogP contribution in [0.25, 0.3) is 0 Å². The molecule has 2 N–H and O–H groups in total. The molecule has 0 heterocycles. The molecule has 0 radical (unpaired) electrons. The van der Waals surface area contributed by atoms with Crippen molar-refractivity contribution in [1.82, 2.24) is 5.32 Å². The molecule has 1 unspecified atom stereocenters. The molecule has 17 heavy (non-hydrogen) atoms. The van der Waals surface area contributed by atoms with E-state index >= 15 is 0 Å². The van der Waals surface area contributed by atoms with Crippen LogP contribution in [0.1, 0.15) is 18.6 Å². The van der Waals surface area contributed by atoms with Crippen molar-refractivity contribution < 1.29 is 9.84 Å². The van der Waals surface area contributed by atoms with Crippen LogP contribution >= 0.6 is 0 Å². The highest BCUT2D eigenvalue weighted by molar-refractivity contribution is 5.17. The average Bonchev–Trinajstić information content (AvgIpc) is 2.34. The van der Waals surface area contributed by atoms with E-state index in [0.29, 0.717) is 19.8 Å². The predicted octanol–water partition coefficient (Wildman–Crippen LogP) is 1.90. The molecule has 0 saturated carbocycles. The molecule has 1 atom stereocenters. The van der Waals surface area contributed by atoms with Gasteiger partial charge < -0.3 is 15.2 Å². The predicted molar refractivity (Wildman–Crippen MR) is 69.9 cm³/mol. The molecular formula is C14H21NO2. The third kappa shape index (κ3) is 6.22. The van der Waals surface area contributed by atoms with E-state index in [-0.39, 0.29) is 0 Å². The second-order valence-electron chi connectivity index (χ2n) is 4.14. The van der Waals surface area contributed by atoms with Crippen LogP contribution in [0, 0.1) is 0 Å². The SMILES string of the molecule is C=C(C)COCCNCC(O)c1ccccc1. The zero-order valence-corrected chi connectivity index (χ0v) is 10.4. The molecule has 0 fully saturated rings. The molecule has 0 aliphatic heterocycles. The molecule has 0 bridgehead atoms. The second kappa shape index (κ2) is 8.01. The number of aliphatic hydroxyl groups is 1. The van der Waals surface area contributed by atoms with Gasteiger partial charge in [-0.2, -0.15) is 0 Å². The average molecular weight is 235 g/mol. The first-order chi connectivity index (χ1) is 8.20. The highest BCUT2D eigenvalue weighted by atomic mass is 16.5. The summed E-state index contributed by atoms with van der Waals surface area (Å²) < 4.78 is 5.34. The van der Waals surface area contributed by atoms with Gasteiger partial charge in [0.25, 0.3) is 0 Å². The molecule has 94 valence electrons. The van der Waals surface area contributed by atoms with Crippen LogP contribution in [0.5, 0.6) is 0 Å². The van der Waals surface area contributed by atoms with Crippen LogP contribution in [-0.4, -0.2) is 31.4 Å². The summed E-state index contributed by atoms with van der Waals surface area (Å²) in [4.78, 5) is 0. The largest absolute Gasteiger partial charge is 0.387 e. The van der Waals surface area contributed by atoms with Crippen molar-refractivity contribution in [1.29, 1.82) is 0 Å². The zero-order valence-electron chi connectivity index (χ0n) is 10.4. The van der Waals surface area contributed by atoms with Crippen LogP contribution in [0.2, 0.25) is 0 Å². The smallest absolute Gasteiger partial charge is 0.0914 e. The minimum Gasteiger partial charge on any atom is -0.387 e. The maximum absolute atomic E-state index is 9.85. The summed E-state index contributed by atoms with van der Waals surface area (Å²) in [5, 5.41) is 13.0. The van der Waals surface area contributed by atoms with Gasteiger partial charge in [-0.1, -0.05) is 42.5 Å². The number of benzene rings is 1. The lowest BCUT2D eigenvalue weighted by atomic mass is 10.1. The van der Waals surface area contributed by atoms with Crippen molar-refractivity contribution in [2.75, 3.05) is 26.3 Å². The van der Waals surface area contributed by atoms with Crippen molar-refractivity contribution in [2.45, 2.75) is 13.0 Å². The molecule has 1 aromatic carbocycles. The van der Waals surface area contributed by atoms with Crippen molar-refractivity contribution in [3.63, 3.8) is 0 Å². The van der Waals surface area contributed by atoms with E-state index in [1.54, 1.807) is 0 Å². The van der Waals surface area contributed by atoms with Gasteiger partial charge in [0.05, 0.1) is 19.3 Å². The Morgan fingerprint density at radius 1 is 1.41 bits per heavy atom. The molecule has 0 aliphatic carbocycles. The van der Waals surface area contributed by atoms with Gasteiger partial charge in [-0.15, -0.1) is 0 Å². The van der Waals surface area contributed by atoms with E-state index in [9.17, 15) is 5.11 Å². The topological polar surface area (TPSA) is 41.5 Å². The molecule has 0 aliphatic rings. The first-order valence-electron chi connectivity index (χ1n) is 5.86. The molecule has 0 spiro atoms. The van der Waals surface area contributed by atoms with Crippen LogP contribution in [-0.2, 0) is 4.74 Å². The summed E-state index contributed by atoms with van der Waals surface area (Å²) in [6.45, 7) is 8.20. The number of ether oxygens (including phenoxy) is 1. The van der Waals surface area contributed by atoms with E-state index in [1.165, 1.54) is 0 Å². The lowest BCUT2D eigenvalue weighted by Crippen LogP contribution is -2.25. The van der Waals surface area contributed by atoms with E-state index in [4.69, 9.17) is 4.74 Å². The Morgan fingerprint density at radius 2 is 2.12 bits per heavy atom. The van der Waals surface area contributed by atoms with Gasteiger partial charge >= 0.3 is 0 Å². The van der Waals surface area contributed by atoms with Gasteiger partial charge in [0, 0.05) is 13.1 Å². The number of rotatable bonds is 8. The Kier molecular flexibility index (Phi) is 6.55. The standard InChI is InChI=1S/C14H21NO2/c1-12(2)11-17-9-8-15-10-14(16)13-6-4-3-5-7-13/h3-7,14-16H,1,8-11H2,2H3. The molecule has 1 aromatic rings. The Bertz CT molecular complexity index is 324. The Morgan fingerprint density at radius 3 is 2.76 bits per heavy atom. The first-order valence-corrected chi connectivity index (χ1v) is 5.86. The van der Waals surface area contributed by atoms with Gasteiger partial charge in [-0.05, 0) is 12.5 Å². The fraction of sp³-hybridized carbons (Fsp3) is 0.429. The number of nitrogens with one attached hydrogen (secondary N) is 1. The van der Waals surface area contributed by atoms with Crippen LogP contribution in [0.3, 0.4) is 0 Å². The van der Waals surface area contributed by atoms with Gasteiger partial charge in [0.2, 0.25) is 0 Å². The van der Waals surface area contributed by atoms with Gasteiger partial charge in [-0.3, -0.25) is 0 Å². The van der Waals surface area contributed by atoms with Crippen molar-refractivity contribution in [2.24, 2.45) is 0 Å². The van der Waals surface area contributed by atoms with Crippen LogP contribution in [0.15, 0.2) is 42.5 Å². The third-order valence-electron chi connectivity index (χ3n) is 2.29. The molecule has 3 nitrogen and oxygen atoms in total. The van der Waals surface area contributed by atoms with E-state index < -0.39 is 6.10 Å². The zero-order chi connectivity index (χ0) is 12.5. The van der Waals surface area contributed by atoms with E-state index in [1.807, 2.05) is 37.3 Å². The summed E-state index contributed by atoms with van der Waals surface area (Å²) in [6, 6.07) is 9.63. The maximum Gasteiger partial charge on any atom is 0.0914 e. The fourth-order valence-corrected chi connectivity index (χ4v) is 1.42. The van der Waals surface area contributed by atoms with Gasteiger partial charge in [0.1, 0.15) is 0 Å². The normalized spacial score (nSPS) is 12.4. The summed E-state index contributed by atoms with van der Waals surface area (Å²) in [5.74, 6) is 0. The Labute approximate surface area is 103 Å². The summed E-state index contributed by atoms with van der Waals surface area (Å²) in [5.41, 5.74) is 1.96. The monoisotopic (exact) mass is 235 g/mol. The molecule has 0 amide bonds. The minimum atomic E-state index is -0.461. The Balaban J connectivity index is 2.09. The highest BCUT2D eigenvalue weighted by Crippen LogP contribution is 2.10. The van der Waals surface area contributed by atoms with E-state index in [0.717, 1.165) is 17.7 Å². The molecule has 3 heteroatoms. The minimum absolute atomic E-state index is 0.461. The summed E-state index contributed by atoms with van der Waals surface area (Å²) in [6.07, 6.45) is -0.461. The number of aliphatic hydroxyl groups excluding tert-OH is 1. The van der Waals surface area contributed by atoms with E-state index in [2.05, 4.69) is 11.9 Å². The molecule has 0 aromatic heterocycles.